The maximum atomic E-state index is 2.35. The maximum Gasteiger partial charge on any atom is 0.0309 e. The van der Waals surface area contributed by atoms with E-state index >= 15 is 0 Å². The van der Waals surface area contributed by atoms with Gasteiger partial charge in [0, 0.05) is 6.04 Å². The zero-order chi connectivity index (χ0) is 5.98. The molecule has 0 aliphatic heterocycles. The van der Waals surface area contributed by atoms with Crippen molar-refractivity contribution in [3.8, 4) is 0 Å². The van der Waals surface area contributed by atoms with Gasteiger partial charge in [-0.3, -0.25) is 4.90 Å². The second-order valence-corrected chi connectivity index (χ2v) is 2.30. The molecule has 1 aliphatic rings. The van der Waals surface area contributed by atoms with E-state index in [1.165, 1.54) is 6.42 Å². The average Bonchev–Trinajstić information content (AvgIpc) is 1.62. The molecular weight excluding hydrogens is 98.1 g/mol. The lowest BCUT2D eigenvalue weighted by Crippen LogP contribution is -2.32. The lowest BCUT2D eigenvalue weighted by molar-refractivity contribution is 0.283. The van der Waals surface area contributed by atoms with Gasteiger partial charge in [0.25, 0.3) is 0 Å². The van der Waals surface area contributed by atoms with E-state index < -0.39 is 0 Å². The molecule has 8 heavy (non-hydrogen) atoms. The van der Waals surface area contributed by atoms with Gasteiger partial charge in [-0.15, -0.1) is 0 Å². The zero-order valence-corrected chi connectivity index (χ0v) is 5.59. The molecule has 0 saturated carbocycles. The molecule has 0 bridgehead atoms. The van der Waals surface area contributed by atoms with Crippen molar-refractivity contribution < 1.29 is 0 Å². The summed E-state index contributed by atoms with van der Waals surface area (Å²) in [4.78, 5) is 2.35. The third kappa shape index (κ3) is 0.920. The van der Waals surface area contributed by atoms with Crippen molar-refractivity contribution >= 4 is 0 Å². The second kappa shape index (κ2) is 2.31. The molecule has 0 aromatic heterocycles. The van der Waals surface area contributed by atoms with E-state index in [4.69, 9.17) is 0 Å². The fraction of sp³-hybridized carbons (Fsp3) is 0.714. The van der Waals surface area contributed by atoms with Gasteiger partial charge in [-0.1, -0.05) is 19.1 Å². The molecule has 1 aliphatic carbocycles. The van der Waals surface area contributed by atoms with Crippen LogP contribution in [0.25, 0.3) is 0 Å². The highest BCUT2D eigenvalue weighted by molar-refractivity contribution is 5.07. The van der Waals surface area contributed by atoms with Crippen LogP contribution in [0.15, 0.2) is 12.2 Å². The first kappa shape index (κ1) is 5.83. The fourth-order valence-electron chi connectivity index (χ4n) is 0.819. The lowest BCUT2D eigenvalue weighted by Gasteiger charge is -2.27. The Morgan fingerprint density at radius 1 is 1.75 bits per heavy atom. The van der Waals surface area contributed by atoms with Gasteiger partial charge < -0.3 is 0 Å². The van der Waals surface area contributed by atoms with Gasteiger partial charge in [0.1, 0.15) is 0 Å². The van der Waals surface area contributed by atoms with E-state index in [-0.39, 0.29) is 0 Å². The first-order valence-electron chi connectivity index (χ1n) is 3.21. The Labute approximate surface area is 51.0 Å². The van der Waals surface area contributed by atoms with Gasteiger partial charge in [0.05, 0.1) is 0 Å². The van der Waals surface area contributed by atoms with Crippen LogP contribution in [0.3, 0.4) is 0 Å². The molecule has 0 heterocycles. The molecule has 46 valence electrons. The van der Waals surface area contributed by atoms with E-state index in [1.54, 1.807) is 0 Å². The molecule has 1 atom stereocenters. The third-order valence-corrected chi connectivity index (χ3v) is 1.80. The molecule has 0 radical (unpaired) electrons. The Hall–Kier alpha value is -0.300. The summed E-state index contributed by atoms with van der Waals surface area (Å²) in [5, 5.41) is 0. The van der Waals surface area contributed by atoms with Crippen molar-refractivity contribution in [2.24, 2.45) is 0 Å². The Bertz CT molecular complexity index is 96.6. The van der Waals surface area contributed by atoms with Crippen molar-refractivity contribution in [2.45, 2.75) is 19.4 Å². The standard InChI is InChI=1S/C7H13N/c1-3-8(2)7-5-4-6-7/h4-5,7H,3,6H2,1-2H3. The summed E-state index contributed by atoms with van der Waals surface area (Å²) in [5.41, 5.74) is 0. The van der Waals surface area contributed by atoms with Gasteiger partial charge in [-0.2, -0.15) is 0 Å². The number of hydrogen-bond donors (Lipinski definition) is 0. The molecule has 0 aromatic carbocycles. The Balaban J connectivity index is 2.25. The first-order chi connectivity index (χ1) is 3.84. The predicted octanol–water partition coefficient (Wildman–Crippen LogP) is 1.27. The average molecular weight is 111 g/mol. The van der Waals surface area contributed by atoms with Gasteiger partial charge in [0.2, 0.25) is 0 Å². The smallest absolute Gasteiger partial charge is 0.0309 e. The summed E-state index contributed by atoms with van der Waals surface area (Å²) in [6.45, 7) is 3.35. The molecule has 1 unspecified atom stereocenters. The van der Waals surface area contributed by atoms with Gasteiger partial charge in [-0.05, 0) is 20.0 Å². The summed E-state index contributed by atoms with van der Waals surface area (Å²) in [6, 6.07) is 0.750. The van der Waals surface area contributed by atoms with Gasteiger partial charge >= 0.3 is 0 Å². The van der Waals surface area contributed by atoms with Crippen molar-refractivity contribution in [2.75, 3.05) is 13.6 Å². The molecule has 1 rings (SSSR count). The predicted molar refractivity (Wildman–Crippen MR) is 35.8 cm³/mol. The van der Waals surface area contributed by atoms with Crippen LogP contribution in [-0.4, -0.2) is 24.5 Å². The fourth-order valence-corrected chi connectivity index (χ4v) is 0.819. The Kier molecular flexibility index (Phi) is 1.69. The zero-order valence-electron chi connectivity index (χ0n) is 5.59. The van der Waals surface area contributed by atoms with Gasteiger partial charge in [0.15, 0.2) is 0 Å². The minimum Gasteiger partial charge on any atom is -0.300 e. The quantitative estimate of drug-likeness (QED) is 0.485. The monoisotopic (exact) mass is 111 g/mol. The number of nitrogens with zero attached hydrogens (tertiary/aromatic N) is 1. The maximum absolute atomic E-state index is 2.35. The second-order valence-electron chi connectivity index (χ2n) is 2.30. The van der Waals surface area contributed by atoms with Crippen LogP contribution < -0.4 is 0 Å². The van der Waals surface area contributed by atoms with Crippen molar-refractivity contribution in [1.82, 2.24) is 4.90 Å². The van der Waals surface area contributed by atoms with E-state index in [9.17, 15) is 0 Å². The first-order valence-corrected chi connectivity index (χ1v) is 3.21. The summed E-state index contributed by atoms with van der Waals surface area (Å²) < 4.78 is 0. The van der Waals surface area contributed by atoms with Crippen LogP contribution in [0.2, 0.25) is 0 Å². The van der Waals surface area contributed by atoms with Crippen molar-refractivity contribution in [3.05, 3.63) is 12.2 Å². The van der Waals surface area contributed by atoms with Crippen LogP contribution in [0.5, 0.6) is 0 Å². The van der Waals surface area contributed by atoms with E-state index in [1.807, 2.05) is 0 Å². The molecule has 0 saturated heterocycles. The van der Waals surface area contributed by atoms with Crippen LogP contribution >= 0.6 is 0 Å². The molecule has 0 amide bonds. The molecule has 0 spiro atoms. The van der Waals surface area contributed by atoms with E-state index in [0.29, 0.717) is 0 Å². The molecule has 0 aromatic rings. The summed E-state index contributed by atoms with van der Waals surface area (Å²) >= 11 is 0. The highest BCUT2D eigenvalue weighted by Crippen LogP contribution is 2.12. The highest BCUT2D eigenvalue weighted by atomic mass is 15.1. The number of hydrogen-bond acceptors (Lipinski definition) is 1. The minimum absolute atomic E-state index is 0.750. The molecule has 1 heteroatoms. The van der Waals surface area contributed by atoms with Gasteiger partial charge in [-0.25, -0.2) is 0 Å². The molecule has 0 N–H and O–H groups in total. The molecular formula is C7H13N. The largest absolute Gasteiger partial charge is 0.300 e. The third-order valence-electron chi connectivity index (χ3n) is 1.80. The summed E-state index contributed by atoms with van der Waals surface area (Å²) in [5.74, 6) is 0. The summed E-state index contributed by atoms with van der Waals surface area (Å²) in [6.07, 6.45) is 5.73. The van der Waals surface area contributed by atoms with Crippen LogP contribution in [0.4, 0.5) is 0 Å². The lowest BCUT2D eigenvalue weighted by atomic mass is 10.0. The van der Waals surface area contributed by atoms with Crippen LogP contribution in [0, 0.1) is 0 Å². The number of rotatable bonds is 2. The van der Waals surface area contributed by atoms with E-state index in [0.717, 1.165) is 12.6 Å². The normalized spacial score (nSPS) is 26.1. The SMILES string of the molecule is CCN(C)C1C=CC1. The highest BCUT2D eigenvalue weighted by Gasteiger charge is 2.12. The summed E-state index contributed by atoms with van der Waals surface area (Å²) in [7, 11) is 2.16. The van der Waals surface area contributed by atoms with E-state index in [2.05, 4.69) is 31.0 Å². The minimum atomic E-state index is 0.750. The van der Waals surface area contributed by atoms with Crippen molar-refractivity contribution in [1.29, 1.82) is 0 Å². The van der Waals surface area contributed by atoms with Crippen molar-refractivity contribution in [3.63, 3.8) is 0 Å². The Morgan fingerprint density at radius 2 is 2.38 bits per heavy atom. The topological polar surface area (TPSA) is 3.24 Å². The van der Waals surface area contributed by atoms with Crippen LogP contribution in [0.1, 0.15) is 13.3 Å². The molecule has 1 nitrogen and oxygen atoms in total. The van der Waals surface area contributed by atoms with Crippen LogP contribution in [-0.2, 0) is 0 Å². The Morgan fingerprint density at radius 3 is 2.50 bits per heavy atom. The number of likely N-dealkylation sites (N-methyl/N-ethyl adjacent to an activating group) is 1. The molecule has 0 fully saturated rings.